The van der Waals surface area contributed by atoms with Gasteiger partial charge >= 0.3 is 0 Å². The van der Waals surface area contributed by atoms with Gasteiger partial charge in [-0.1, -0.05) is 6.92 Å². The van der Waals surface area contributed by atoms with Gasteiger partial charge in [0.15, 0.2) is 0 Å². The van der Waals surface area contributed by atoms with Crippen molar-refractivity contribution in [1.29, 1.82) is 0 Å². The van der Waals surface area contributed by atoms with E-state index in [0.29, 0.717) is 24.2 Å². The number of nitrogens with one attached hydrogen (secondary N) is 2. The highest BCUT2D eigenvalue weighted by atomic mass is 16.3. The van der Waals surface area contributed by atoms with Gasteiger partial charge < -0.3 is 15.1 Å². The van der Waals surface area contributed by atoms with Crippen LogP contribution in [0.15, 0.2) is 35.2 Å². The van der Waals surface area contributed by atoms with E-state index in [1.807, 2.05) is 0 Å². The van der Waals surface area contributed by atoms with Crippen LogP contribution in [0.1, 0.15) is 36.5 Å². The van der Waals surface area contributed by atoms with E-state index in [0.717, 1.165) is 6.42 Å². The number of aromatic nitrogens is 2. The number of amides is 1. The van der Waals surface area contributed by atoms with Crippen LogP contribution in [0.3, 0.4) is 0 Å². The summed E-state index contributed by atoms with van der Waals surface area (Å²) in [6.07, 6.45) is 5.58. The zero-order valence-electron chi connectivity index (χ0n) is 11.6. The van der Waals surface area contributed by atoms with E-state index >= 15 is 0 Å². The standard InChI is InChI=1S/C14H18N4O2/c1-3-10(2)18-13-9-15-12(8-16-13)14(19)17-7-11-5-4-6-20-11/h4-6,8-10H,3,7H2,1-2H3,(H,16,18)(H,17,19). The Bertz CT molecular complexity index is 537. The molecule has 0 spiro atoms. The molecule has 1 atom stereocenters. The molecular formula is C14H18N4O2. The lowest BCUT2D eigenvalue weighted by molar-refractivity contribution is 0.0942. The summed E-state index contributed by atoms with van der Waals surface area (Å²) in [5, 5.41) is 5.91. The van der Waals surface area contributed by atoms with Crippen LogP contribution in [-0.4, -0.2) is 21.9 Å². The number of carbonyl (C=O) groups is 1. The summed E-state index contributed by atoms with van der Waals surface area (Å²) in [4.78, 5) is 20.1. The first-order valence-electron chi connectivity index (χ1n) is 6.58. The summed E-state index contributed by atoms with van der Waals surface area (Å²) in [5.74, 6) is 1.09. The second-order valence-corrected chi connectivity index (χ2v) is 4.50. The number of nitrogens with zero attached hydrogens (tertiary/aromatic N) is 2. The number of carbonyl (C=O) groups excluding carboxylic acids is 1. The summed E-state index contributed by atoms with van der Waals surface area (Å²) >= 11 is 0. The molecule has 0 aliphatic carbocycles. The predicted octanol–water partition coefficient (Wildman–Crippen LogP) is 2.21. The van der Waals surface area contributed by atoms with Gasteiger partial charge in [0.25, 0.3) is 5.91 Å². The molecule has 0 saturated carbocycles. The van der Waals surface area contributed by atoms with Crippen LogP contribution < -0.4 is 10.6 Å². The largest absolute Gasteiger partial charge is 0.467 e. The lowest BCUT2D eigenvalue weighted by Crippen LogP contribution is -2.24. The molecule has 1 amide bonds. The average molecular weight is 274 g/mol. The van der Waals surface area contributed by atoms with Gasteiger partial charge in [-0.25, -0.2) is 9.97 Å². The van der Waals surface area contributed by atoms with Gasteiger partial charge in [0.05, 0.1) is 25.2 Å². The smallest absolute Gasteiger partial charge is 0.271 e. The Morgan fingerprint density at radius 3 is 2.85 bits per heavy atom. The van der Waals surface area contributed by atoms with Crippen LogP contribution in [0.25, 0.3) is 0 Å². The van der Waals surface area contributed by atoms with Gasteiger partial charge in [0.2, 0.25) is 0 Å². The highest BCUT2D eigenvalue weighted by molar-refractivity contribution is 5.91. The average Bonchev–Trinajstić information content (AvgIpc) is 2.98. The maximum atomic E-state index is 11.9. The molecule has 0 aromatic carbocycles. The second-order valence-electron chi connectivity index (χ2n) is 4.50. The lowest BCUT2D eigenvalue weighted by atomic mass is 10.3. The van der Waals surface area contributed by atoms with E-state index in [4.69, 9.17) is 4.42 Å². The Labute approximate surface area is 117 Å². The van der Waals surface area contributed by atoms with Crippen molar-refractivity contribution >= 4 is 11.7 Å². The first-order valence-corrected chi connectivity index (χ1v) is 6.58. The first kappa shape index (κ1) is 14.0. The van der Waals surface area contributed by atoms with E-state index in [2.05, 4.69) is 34.4 Å². The van der Waals surface area contributed by atoms with E-state index in [9.17, 15) is 4.79 Å². The molecule has 1 unspecified atom stereocenters. The minimum Gasteiger partial charge on any atom is -0.467 e. The van der Waals surface area contributed by atoms with Crippen molar-refractivity contribution in [3.8, 4) is 0 Å². The van der Waals surface area contributed by atoms with Gasteiger partial charge in [-0.2, -0.15) is 0 Å². The molecule has 2 heterocycles. The van der Waals surface area contributed by atoms with Gasteiger partial charge in [0, 0.05) is 6.04 Å². The van der Waals surface area contributed by atoms with Crippen molar-refractivity contribution in [1.82, 2.24) is 15.3 Å². The minimum atomic E-state index is -0.274. The van der Waals surface area contributed by atoms with Crippen LogP contribution in [0.5, 0.6) is 0 Å². The highest BCUT2D eigenvalue weighted by Gasteiger charge is 2.09. The molecule has 0 aliphatic heterocycles. The highest BCUT2D eigenvalue weighted by Crippen LogP contribution is 2.05. The summed E-state index contributed by atoms with van der Waals surface area (Å²) in [5.41, 5.74) is 0.284. The molecular weight excluding hydrogens is 256 g/mol. The SMILES string of the molecule is CCC(C)Nc1cnc(C(=O)NCc2ccco2)cn1. The molecule has 0 aliphatic rings. The summed E-state index contributed by atoms with van der Waals surface area (Å²) in [6.45, 7) is 4.48. The zero-order chi connectivity index (χ0) is 14.4. The third-order valence-corrected chi connectivity index (χ3v) is 2.89. The topological polar surface area (TPSA) is 80.0 Å². The fourth-order valence-corrected chi connectivity index (χ4v) is 1.55. The monoisotopic (exact) mass is 274 g/mol. The van der Waals surface area contributed by atoms with Gasteiger partial charge in [-0.05, 0) is 25.5 Å². The molecule has 2 aromatic rings. The molecule has 0 saturated heterocycles. The Balaban J connectivity index is 1.90. The minimum absolute atomic E-state index is 0.274. The first-order chi connectivity index (χ1) is 9.69. The molecule has 0 bridgehead atoms. The van der Waals surface area contributed by atoms with Crippen LogP contribution in [0, 0.1) is 0 Å². The molecule has 6 nitrogen and oxygen atoms in total. The van der Waals surface area contributed by atoms with Crippen LogP contribution in [0.4, 0.5) is 5.82 Å². The van der Waals surface area contributed by atoms with Crippen molar-refractivity contribution in [2.45, 2.75) is 32.9 Å². The number of anilines is 1. The van der Waals surface area contributed by atoms with Crippen molar-refractivity contribution < 1.29 is 9.21 Å². The molecule has 2 rings (SSSR count). The van der Waals surface area contributed by atoms with E-state index < -0.39 is 0 Å². The Morgan fingerprint density at radius 2 is 2.25 bits per heavy atom. The molecule has 0 radical (unpaired) electrons. The van der Waals surface area contributed by atoms with Crippen LogP contribution >= 0.6 is 0 Å². The zero-order valence-corrected chi connectivity index (χ0v) is 11.6. The van der Waals surface area contributed by atoms with Crippen LogP contribution in [-0.2, 0) is 6.54 Å². The van der Waals surface area contributed by atoms with E-state index in [-0.39, 0.29) is 11.6 Å². The number of rotatable bonds is 6. The van der Waals surface area contributed by atoms with Gasteiger partial charge in [0.1, 0.15) is 17.3 Å². The van der Waals surface area contributed by atoms with Crippen molar-refractivity contribution in [2.24, 2.45) is 0 Å². The molecule has 20 heavy (non-hydrogen) atoms. The van der Waals surface area contributed by atoms with Gasteiger partial charge in [-0.15, -0.1) is 0 Å². The summed E-state index contributed by atoms with van der Waals surface area (Å²) in [7, 11) is 0. The summed E-state index contributed by atoms with van der Waals surface area (Å²) in [6, 6.07) is 3.89. The van der Waals surface area contributed by atoms with Crippen molar-refractivity contribution in [3.05, 3.63) is 42.2 Å². The second kappa shape index (κ2) is 6.70. The number of hydrogen-bond acceptors (Lipinski definition) is 5. The normalized spacial score (nSPS) is 11.9. The molecule has 0 fully saturated rings. The third kappa shape index (κ3) is 3.81. The quantitative estimate of drug-likeness (QED) is 0.844. The van der Waals surface area contributed by atoms with Crippen molar-refractivity contribution in [3.63, 3.8) is 0 Å². The van der Waals surface area contributed by atoms with Gasteiger partial charge in [-0.3, -0.25) is 4.79 Å². The Kier molecular flexibility index (Phi) is 4.70. The number of furan rings is 1. The fraction of sp³-hybridized carbons (Fsp3) is 0.357. The Morgan fingerprint density at radius 1 is 1.40 bits per heavy atom. The van der Waals surface area contributed by atoms with Crippen molar-refractivity contribution in [2.75, 3.05) is 5.32 Å². The molecule has 2 aromatic heterocycles. The number of hydrogen-bond donors (Lipinski definition) is 2. The summed E-state index contributed by atoms with van der Waals surface area (Å²) < 4.78 is 5.13. The molecule has 6 heteroatoms. The van der Waals surface area contributed by atoms with Crippen LogP contribution in [0.2, 0.25) is 0 Å². The van der Waals surface area contributed by atoms with E-state index in [1.165, 1.54) is 6.20 Å². The lowest BCUT2D eigenvalue weighted by Gasteiger charge is -2.11. The Hall–Kier alpha value is -2.37. The molecule has 2 N–H and O–H groups in total. The maximum absolute atomic E-state index is 11.9. The predicted molar refractivity (Wildman–Crippen MR) is 75.3 cm³/mol. The third-order valence-electron chi connectivity index (χ3n) is 2.89. The van der Waals surface area contributed by atoms with E-state index in [1.54, 1.807) is 24.6 Å². The maximum Gasteiger partial charge on any atom is 0.271 e. The fourth-order valence-electron chi connectivity index (χ4n) is 1.55. The molecule has 106 valence electrons.